The number of fused-ring (bicyclic) bond motifs is 6. The molecule has 0 atom stereocenters. The Labute approximate surface area is 372 Å². The van der Waals surface area contributed by atoms with E-state index in [-0.39, 0.29) is 0 Å². The van der Waals surface area contributed by atoms with Gasteiger partial charge in [0.1, 0.15) is 11.2 Å². The van der Waals surface area contributed by atoms with Gasteiger partial charge in [0.25, 0.3) is 0 Å². The van der Waals surface area contributed by atoms with Gasteiger partial charge in [-0.2, -0.15) is 0 Å². The van der Waals surface area contributed by atoms with E-state index in [4.69, 9.17) is 4.42 Å². The molecule has 0 aliphatic rings. The lowest BCUT2D eigenvalue weighted by molar-refractivity contribution is 0.670. The Balaban J connectivity index is 0.950. The van der Waals surface area contributed by atoms with Gasteiger partial charge < -0.3 is 9.32 Å². The van der Waals surface area contributed by atoms with Crippen LogP contribution in [0.25, 0.3) is 99.1 Å². The van der Waals surface area contributed by atoms with Gasteiger partial charge in [0, 0.05) is 33.4 Å². The zero-order chi connectivity index (χ0) is 42.4. The molecule has 0 saturated carbocycles. The molecule has 0 amide bonds. The highest BCUT2D eigenvalue weighted by Crippen LogP contribution is 2.43. The summed E-state index contributed by atoms with van der Waals surface area (Å²) in [7, 11) is 0. The SMILES string of the molecule is c1ccc(-c2ccc(N(c3ccc(-c4ccc5c(ccc6ccccc65)c4)cc3)c3ccc(-c4ccc5oc6c(-c7ccccc7)cccc6c5c4)cc3)cc2-c2ccccc2)cc1. The summed E-state index contributed by atoms with van der Waals surface area (Å²) in [5.74, 6) is 0. The first-order valence-electron chi connectivity index (χ1n) is 21.9. The number of benzene rings is 11. The fraction of sp³-hybridized carbons (Fsp3) is 0. The fourth-order valence-corrected chi connectivity index (χ4v) is 9.47. The normalized spacial score (nSPS) is 11.4. The largest absolute Gasteiger partial charge is 0.455 e. The summed E-state index contributed by atoms with van der Waals surface area (Å²) in [5.41, 5.74) is 16.7. The van der Waals surface area contributed by atoms with E-state index in [1.165, 1.54) is 54.9 Å². The molecule has 0 fully saturated rings. The molecule has 0 spiro atoms. The number of rotatable bonds is 8. The second kappa shape index (κ2) is 15.8. The van der Waals surface area contributed by atoms with Gasteiger partial charge in [-0.05, 0) is 126 Å². The molecule has 0 radical (unpaired) electrons. The van der Waals surface area contributed by atoms with Gasteiger partial charge in [0.2, 0.25) is 0 Å². The van der Waals surface area contributed by atoms with E-state index in [1.54, 1.807) is 0 Å². The van der Waals surface area contributed by atoms with Crippen LogP contribution >= 0.6 is 0 Å². The molecular weight excluding hydrogens is 775 g/mol. The smallest absolute Gasteiger partial charge is 0.143 e. The predicted molar refractivity (Wildman–Crippen MR) is 271 cm³/mol. The zero-order valence-electron chi connectivity index (χ0n) is 35.0. The molecule has 0 bridgehead atoms. The van der Waals surface area contributed by atoms with Crippen LogP contribution in [0.2, 0.25) is 0 Å². The van der Waals surface area contributed by atoms with Crippen molar-refractivity contribution in [2.45, 2.75) is 0 Å². The third-order valence-electron chi connectivity index (χ3n) is 12.7. The van der Waals surface area contributed by atoms with Crippen molar-refractivity contribution < 1.29 is 4.42 Å². The highest BCUT2D eigenvalue weighted by molar-refractivity contribution is 6.11. The summed E-state index contributed by atoms with van der Waals surface area (Å²) < 4.78 is 6.52. The van der Waals surface area contributed by atoms with Crippen molar-refractivity contribution in [2.24, 2.45) is 0 Å². The summed E-state index contributed by atoms with van der Waals surface area (Å²) >= 11 is 0. The van der Waals surface area contributed by atoms with E-state index >= 15 is 0 Å². The van der Waals surface area contributed by atoms with Crippen LogP contribution in [0.5, 0.6) is 0 Å². The van der Waals surface area contributed by atoms with Crippen LogP contribution in [0.3, 0.4) is 0 Å². The molecule has 300 valence electrons. The van der Waals surface area contributed by atoms with Gasteiger partial charge in [-0.1, -0.05) is 194 Å². The van der Waals surface area contributed by atoms with Gasteiger partial charge in [-0.3, -0.25) is 0 Å². The Morgan fingerprint density at radius 2 is 0.766 bits per heavy atom. The molecule has 0 aliphatic heterocycles. The third-order valence-corrected chi connectivity index (χ3v) is 12.7. The van der Waals surface area contributed by atoms with Crippen LogP contribution in [0, 0.1) is 0 Å². The minimum absolute atomic E-state index is 0.888. The highest BCUT2D eigenvalue weighted by atomic mass is 16.3. The van der Waals surface area contributed by atoms with Crippen molar-refractivity contribution in [1.82, 2.24) is 0 Å². The molecule has 0 unspecified atom stereocenters. The Morgan fingerprint density at radius 1 is 0.250 bits per heavy atom. The van der Waals surface area contributed by atoms with Crippen molar-refractivity contribution in [3.8, 4) is 55.6 Å². The first-order valence-corrected chi connectivity index (χ1v) is 21.9. The first kappa shape index (κ1) is 37.3. The van der Waals surface area contributed by atoms with E-state index in [0.717, 1.165) is 61.3 Å². The molecule has 1 aromatic heterocycles. The minimum Gasteiger partial charge on any atom is -0.455 e. The molecule has 11 aromatic carbocycles. The molecular formula is C62H41NO. The van der Waals surface area contributed by atoms with E-state index in [9.17, 15) is 0 Å². The van der Waals surface area contributed by atoms with E-state index in [2.05, 4.69) is 248 Å². The van der Waals surface area contributed by atoms with E-state index in [1.807, 2.05) is 6.07 Å². The predicted octanol–water partition coefficient (Wildman–Crippen LogP) is 17.7. The lowest BCUT2D eigenvalue weighted by Gasteiger charge is -2.27. The van der Waals surface area contributed by atoms with Gasteiger partial charge in [0.05, 0.1) is 0 Å². The Kier molecular flexibility index (Phi) is 9.20. The standard InChI is InChI=1S/C62H41NO/c1-4-13-44(14-5-1)55-37-35-53(41-59(55)46-17-8-3-9-18-46)63(51-31-25-42(26-32-51)48-29-36-56-50(39-48)24-23-47-19-10-11-20-54(47)56)52-33-27-43(28-34-52)49-30-38-61-60(40-49)58-22-12-21-57(62(58)64-61)45-15-6-2-7-16-45/h1-41H. The monoisotopic (exact) mass is 815 g/mol. The number of hydrogen-bond donors (Lipinski definition) is 0. The highest BCUT2D eigenvalue weighted by Gasteiger charge is 2.18. The van der Waals surface area contributed by atoms with Crippen molar-refractivity contribution in [3.05, 3.63) is 249 Å². The average Bonchev–Trinajstić information content (AvgIpc) is 3.76. The first-order chi connectivity index (χ1) is 31.7. The summed E-state index contributed by atoms with van der Waals surface area (Å²) in [4.78, 5) is 2.37. The summed E-state index contributed by atoms with van der Waals surface area (Å²) in [6, 6.07) is 89.6. The van der Waals surface area contributed by atoms with Crippen LogP contribution in [0.1, 0.15) is 0 Å². The molecule has 2 nitrogen and oxygen atoms in total. The molecule has 12 rings (SSSR count). The fourth-order valence-electron chi connectivity index (χ4n) is 9.47. The number of hydrogen-bond acceptors (Lipinski definition) is 2. The Hall–Kier alpha value is -8.46. The van der Waals surface area contributed by atoms with Crippen molar-refractivity contribution in [2.75, 3.05) is 4.90 Å². The summed E-state index contributed by atoms with van der Waals surface area (Å²) in [5, 5.41) is 7.29. The van der Waals surface area contributed by atoms with Crippen LogP contribution in [-0.2, 0) is 0 Å². The second-order valence-corrected chi connectivity index (χ2v) is 16.5. The van der Waals surface area contributed by atoms with Crippen LogP contribution in [0.4, 0.5) is 17.1 Å². The zero-order valence-corrected chi connectivity index (χ0v) is 35.0. The molecule has 64 heavy (non-hydrogen) atoms. The molecule has 0 aliphatic carbocycles. The summed E-state index contributed by atoms with van der Waals surface area (Å²) in [6.07, 6.45) is 0. The van der Waals surface area contributed by atoms with Gasteiger partial charge in [0.15, 0.2) is 0 Å². The Morgan fingerprint density at radius 3 is 1.45 bits per heavy atom. The van der Waals surface area contributed by atoms with Crippen LogP contribution < -0.4 is 4.90 Å². The quantitative estimate of drug-likeness (QED) is 0.142. The van der Waals surface area contributed by atoms with Crippen molar-refractivity contribution in [1.29, 1.82) is 0 Å². The maximum Gasteiger partial charge on any atom is 0.143 e. The lowest BCUT2D eigenvalue weighted by Crippen LogP contribution is -2.10. The van der Waals surface area contributed by atoms with Crippen molar-refractivity contribution >= 4 is 60.5 Å². The second-order valence-electron chi connectivity index (χ2n) is 16.5. The molecule has 0 saturated heterocycles. The van der Waals surface area contributed by atoms with Crippen LogP contribution in [0.15, 0.2) is 253 Å². The topological polar surface area (TPSA) is 16.4 Å². The molecule has 1 heterocycles. The van der Waals surface area contributed by atoms with E-state index in [0.29, 0.717) is 0 Å². The van der Waals surface area contributed by atoms with Gasteiger partial charge in [-0.25, -0.2) is 0 Å². The molecule has 0 N–H and O–H groups in total. The number of nitrogens with zero attached hydrogens (tertiary/aromatic N) is 1. The van der Waals surface area contributed by atoms with E-state index < -0.39 is 0 Å². The minimum atomic E-state index is 0.888. The molecule has 12 aromatic rings. The number of para-hydroxylation sites is 1. The van der Waals surface area contributed by atoms with Gasteiger partial charge >= 0.3 is 0 Å². The maximum atomic E-state index is 6.52. The third kappa shape index (κ3) is 6.70. The number of anilines is 3. The lowest BCUT2D eigenvalue weighted by atomic mass is 9.93. The maximum absolute atomic E-state index is 6.52. The average molecular weight is 816 g/mol. The number of furan rings is 1. The summed E-state index contributed by atoms with van der Waals surface area (Å²) in [6.45, 7) is 0. The molecule has 2 heteroatoms. The Bertz CT molecular complexity index is 3630. The van der Waals surface area contributed by atoms with Crippen molar-refractivity contribution in [3.63, 3.8) is 0 Å². The van der Waals surface area contributed by atoms with Gasteiger partial charge in [-0.15, -0.1) is 0 Å². The van der Waals surface area contributed by atoms with Crippen LogP contribution in [-0.4, -0.2) is 0 Å².